The maximum absolute atomic E-state index is 12.2. The highest BCUT2D eigenvalue weighted by Gasteiger charge is 2.32. The summed E-state index contributed by atoms with van der Waals surface area (Å²) in [4.78, 5) is 28.1. The van der Waals surface area contributed by atoms with Crippen LogP contribution in [0.5, 0.6) is 0 Å². The van der Waals surface area contributed by atoms with Crippen LogP contribution in [0.25, 0.3) is 6.08 Å². The lowest BCUT2D eigenvalue weighted by Gasteiger charge is -2.28. The Kier molecular flexibility index (Phi) is 8.15. The molecule has 1 atom stereocenters. The molecular formula is C22H29N3O4. The first kappa shape index (κ1) is 22.4. The van der Waals surface area contributed by atoms with Gasteiger partial charge in [-0.1, -0.05) is 45.0 Å². The molecule has 0 aliphatic rings. The fraction of sp³-hybridized carbons (Fsp3) is 0.409. The summed E-state index contributed by atoms with van der Waals surface area (Å²) in [5.74, 6) is -1.29. The molecule has 1 unspecified atom stereocenters. The van der Waals surface area contributed by atoms with E-state index in [0.29, 0.717) is 6.54 Å². The maximum atomic E-state index is 12.2. The van der Waals surface area contributed by atoms with Crippen LogP contribution in [0.4, 0.5) is 0 Å². The second-order valence-electron chi connectivity index (χ2n) is 7.83. The van der Waals surface area contributed by atoms with Crippen molar-refractivity contribution in [2.75, 3.05) is 20.4 Å². The lowest BCUT2D eigenvalue weighted by molar-refractivity contribution is -0.169. The minimum atomic E-state index is -0.568. The summed E-state index contributed by atoms with van der Waals surface area (Å²) in [6.07, 6.45) is 8.37. The van der Waals surface area contributed by atoms with E-state index in [1.54, 1.807) is 25.6 Å². The Hall–Kier alpha value is -2.93. The summed E-state index contributed by atoms with van der Waals surface area (Å²) >= 11 is 0. The molecule has 1 heterocycles. The van der Waals surface area contributed by atoms with Gasteiger partial charge >= 0.3 is 11.9 Å². The van der Waals surface area contributed by atoms with Gasteiger partial charge < -0.3 is 19.4 Å². The third-order valence-electron chi connectivity index (χ3n) is 4.46. The zero-order valence-electron chi connectivity index (χ0n) is 17.4. The first-order valence-electron chi connectivity index (χ1n) is 9.50. The van der Waals surface area contributed by atoms with Gasteiger partial charge in [0, 0.05) is 31.6 Å². The van der Waals surface area contributed by atoms with Crippen molar-refractivity contribution in [1.82, 2.24) is 14.9 Å². The highest BCUT2D eigenvalue weighted by atomic mass is 16.7. The van der Waals surface area contributed by atoms with Crippen molar-refractivity contribution in [3.8, 4) is 0 Å². The molecule has 0 radical (unpaired) electrons. The van der Waals surface area contributed by atoms with Gasteiger partial charge in [0.15, 0.2) is 0 Å². The predicted octanol–water partition coefficient (Wildman–Crippen LogP) is 2.87. The molecule has 0 bridgehead atoms. The van der Waals surface area contributed by atoms with Crippen molar-refractivity contribution < 1.29 is 19.1 Å². The minimum Gasteiger partial charge on any atom is -0.428 e. The molecule has 156 valence electrons. The normalized spacial score (nSPS) is 12.7. The molecule has 0 spiro atoms. The lowest BCUT2D eigenvalue weighted by Crippen LogP contribution is -2.37. The summed E-state index contributed by atoms with van der Waals surface area (Å²) in [6.45, 7) is 6.72. The largest absolute Gasteiger partial charge is 0.428 e. The third kappa shape index (κ3) is 7.54. The maximum Gasteiger partial charge on any atom is 0.333 e. The number of benzene rings is 1. The number of esters is 2. The first-order chi connectivity index (χ1) is 13.8. The van der Waals surface area contributed by atoms with Crippen LogP contribution in [-0.2, 0) is 25.6 Å². The van der Waals surface area contributed by atoms with Crippen LogP contribution in [0.2, 0.25) is 0 Å². The quantitative estimate of drug-likeness (QED) is 0.397. The van der Waals surface area contributed by atoms with Crippen molar-refractivity contribution in [3.05, 3.63) is 60.2 Å². The smallest absolute Gasteiger partial charge is 0.333 e. The van der Waals surface area contributed by atoms with E-state index in [-0.39, 0.29) is 11.3 Å². The van der Waals surface area contributed by atoms with Gasteiger partial charge in [-0.25, -0.2) is 9.78 Å². The van der Waals surface area contributed by atoms with E-state index in [1.807, 2.05) is 55.8 Å². The molecule has 0 amide bonds. The van der Waals surface area contributed by atoms with Gasteiger partial charge in [-0.3, -0.25) is 4.79 Å². The van der Waals surface area contributed by atoms with Crippen molar-refractivity contribution in [2.24, 2.45) is 11.3 Å². The van der Waals surface area contributed by atoms with Gasteiger partial charge in [0.05, 0.1) is 12.2 Å². The Bertz CT molecular complexity index is 806. The van der Waals surface area contributed by atoms with E-state index >= 15 is 0 Å². The Labute approximate surface area is 171 Å². The van der Waals surface area contributed by atoms with Gasteiger partial charge in [0.2, 0.25) is 6.79 Å². The molecule has 1 N–H and O–H groups in total. The van der Waals surface area contributed by atoms with Crippen molar-refractivity contribution >= 4 is 18.0 Å². The second kappa shape index (κ2) is 10.6. The van der Waals surface area contributed by atoms with Crippen LogP contribution < -0.4 is 5.32 Å². The molecule has 0 saturated carbocycles. The number of imidazole rings is 1. The Balaban J connectivity index is 1.78. The van der Waals surface area contributed by atoms with Crippen molar-refractivity contribution in [2.45, 2.75) is 27.3 Å². The summed E-state index contributed by atoms with van der Waals surface area (Å²) in [5.41, 5.74) is 1.74. The summed E-state index contributed by atoms with van der Waals surface area (Å²) in [7, 11) is 1.78. The number of carbonyl (C=O) groups excluding carboxylic acids is 2. The van der Waals surface area contributed by atoms with Crippen LogP contribution in [-0.4, -0.2) is 41.9 Å². The molecule has 2 rings (SSSR count). The third-order valence-corrected chi connectivity index (χ3v) is 4.46. The number of nitrogens with one attached hydrogen (secondary N) is 1. The monoisotopic (exact) mass is 399 g/mol. The zero-order chi connectivity index (χ0) is 21.3. The number of hydrogen-bond acceptors (Lipinski definition) is 6. The number of hydrogen-bond donors (Lipinski definition) is 1. The van der Waals surface area contributed by atoms with Crippen molar-refractivity contribution in [1.29, 1.82) is 0 Å². The zero-order valence-corrected chi connectivity index (χ0v) is 17.4. The van der Waals surface area contributed by atoms with E-state index in [2.05, 4.69) is 10.3 Å². The van der Waals surface area contributed by atoms with E-state index in [1.165, 1.54) is 6.08 Å². The molecule has 29 heavy (non-hydrogen) atoms. The van der Waals surface area contributed by atoms with Crippen LogP contribution in [0.1, 0.15) is 31.9 Å². The van der Waals surface area contributed by atoms with Gasteiger partial charge in [-0.15, -0.1) is 0 Å². The van der Waals surface area contributed by atoms with Gasteiger partial charge in [-0.2, -0.15) is 0 Å². The SMILES string of the molecule is CNCC(C(=O)OCOC(=O)/C=C/c1ccc(Cn2ccnc2)cc1)C(C)(C)C. The van der Waals surface area contributed by atoms with E-state index in [9.17, 15) is 9.59 Å². The van der Waals surface area contributed by atoms with Gasteiger partial charge in [0.1, 0.15) is 0 Å². The molecule has 1 aromatic heterocycles. The lowest BCUT2D eigenvalue weighted by atomic mass is 9.81. The average molecular weight is 399 g/mol. The Morgan fingerprint density at radius 3 is 2.52 bits per heavy atom. The fourth-order valence-corrected chi connectivity index (χ4v) is 2.73. The standard InChI is InChI=1S/C22H29N3O4/c1-22(2,3)19(13-23-4)21(27)29-16-28-20(26)10-9-17-5-7-18(8-6-17)14-25-12-11-24-15-25/h5-12,15,19,23H,13-14,16H2,1-4H3/b10-9+. The summed E-state index contributed by atoms with van der Waals surface area (Å²) < 4.78 is 12.1. The molecule has 2 aromatic rings. The Morgan fingerprint density at radius 2 is 1.93 bits per heavy atom. The van der Waals surface area contributed by atoms with Crippen LogP contribution in [0, 0.1) is 11.3 Å². The summed E-state index contributed by atoms with van der Waals surface area (Å²) in [6, 6.07) is 7.81. The van der Waals surface area contributed by atoms with Gasteiger partial charge in [-0.05, 0) is 29.7 Å². The average Bonchev–Trinajstić information content (AvgIpc) is 3.17. The number of carbonyl (C=O) groups is 2. The number of ether oxygens (including phenoxy) is 2. The molecule has 1 aromatic carbocycles. The predicted molar refractivity (Wildman–Crippen MR) is 111 cm³/mol. The van der Waals surface area contributed by atoms with Crippen LogP contribution in [0.15, 0.2) is 49.1 Å². The molecule has 0 aliphatic carbocycles. The molecule has 0 aliphatic heterocycles. The van der Waals surface area contributed by atoms with Crippen LogP contribution >= 0.6 is 0 Å². The van der Waals surface area contributed by atoms with E-state index in [4.69, 9.17) is 9.47 Å². The van der Waals surface area contributed by atoms with E-state index < -0.39 is 18.7 Å². The number of aromatic nitrogens is 2. The topological polar surface area (TPSA) is 82.5 Å². The Morgan fingerprint density at radius 1 is 1.21 bits per heavy atom. The highest BCUT2D eigenvalue weighted by molar-refractivity contribution is 5.87. The first-order valence-corrected chi connectivity index (χ1v) is 9.50. The fourth-order valence-electron chi connectivity index (χ4n) is 2.73. The molecule has 7 nitrogen and oxygen atoms in total. The molecule has 0 fully saturated rings. The number of nitrogens with zero attached hydrogens (tertiary/aromatic N) is 2. The van der Waals surface area contributed by atoms with Crippen LogP contribution in [0.3, 0.4) is 0 Å². The number of rotatable bonds is 9. The molecule has 7 heteroatoms. The summed E-state index contributed by atoms with van der Waals surface area (Å²) in [5, 5.41) is 2.98. The van der Waals surface area contributed by atoms with Gasteiger partial charge in [0.25, 0.3) is 0 Å². The molecular weight excluding hydrogens is 370 g/mol. The van der Waals surface area contributed by atoms with Crippen molar-refractivity contribution in [3.63, 3.8) is 0 Å². The van der Waals surface area contributed by atoms with E-state index in [0.717, 1.165) is 17.7 Å². The molecule has 0 saturated heterocycles. The minimum absolute atomic E-state index is 0.256. The highest BCUT2D eigenvalue weighted by Crippen LogP contribution is 2.26. The second-order valence-corrected chi connectivity index (χ2v) is 7.83.